The van der Waals surface area contributed by atoms with E-state index in [4.69, 9.17) is 30.4 Å². The molecule has 8 heteroatoms. The van der Waals surface area contributed by atoms with Crippen molar-refractivity contribution < 1.29 is 18.9 Å². The second-order valence-corrected chi connectivity index (χ2v) is 23.8. The molecule has 4 atom stereocenters. The molecule has 0 unspecified atom stereocenters. The van der Waals surface area contributed by atoms with Crippen molar-refractivity contribution in [2.75, 3.05) is 26.8 Å². The lowest BCUT2D eigenvalue weighted by molar-refractivity contribution is -0.178. The minimum absolute atomic E-state index is 0.180. The van der Waals surface area contributed by atoms with Crippen molar-refractivity contribution >= 4 is 16.1 Å². The highest BCUT2D eigenvalue weighted by Gasteiger charge is 2.34. The first kappa shape index (κ1) is 32.2. The van der Waals surface area contributed by atoms with Gasteiger partial charge in [0.05, 0.1) is 0 Å². The number of hydrogen-bond acceptors (Lipinski definition) is 6. The topological polar surface area (TPSA) is 89.0 Å². The molecular weight excluding hydrogens is 436 g/mol. The molecule has 0 rings (SSSR count). The first-order valence-electron chi connectivity index (χ1n) is 12.5. The van der Waals surface area contributed by atoms with E-state index in [1.807, 2.05) is 0 Å². The molecule has 32 heavy (non-hydrogen) atoms. The van der Waals surface area contributed by atoms with E-state index in [0.29, 0.717) is 25.0 Å². The van der Waals surface area contributed by atoms with Gasteiger partial charge < -0.3 is 30.4 Å². The van der Waals surface area contributed by atoms with Crippen molar-refractivity contribution in [1.29, 1.82) is 0 Å². The number of nitrogens with two attached hydrogens (primary N) is 2. The van der Waals surface area contributed by atoms with Crippen LogP contribution < -0.4 is 11.5 Å². The van der Waals surface area contributed by atoms with Gasteiger partial charge in [0.25, 0.3) is 0 Å². The Hall–Kier alpha value is 0.194. The van der Waals surface area contributed by atoms with E-state index >= 15 is 0 Å². The van der Waals surface area contributed by atoms with Crippen LogP contribution in [-0.2, 0) is 18.9 Å². The summed E-state index contributed by atoms with van der Waals surface area (Å²) in [5, 5.41) is 0. The predicted octanol–water partition coefficient (Wildman–Crippen LogP) is 5.13. The fourth-order valence-electron chi connectivity index (χ4n) is 3.41. The molecule has 0 aromatic heterocycles. The van der Waals surface area contributed by atoms with Crippen molar-refractivity contribution in [3.63, 3.8) is 0 Å². The molecule has 0 aliphatic rings. The fraction of sp³-hybridized carbons (Fsp3) is 1.00. The molecule has 0 aromatic rings. The largest absolute Gasteiger partial charge is 0.356 e. The summed E-state index contributed by atoms with van der Waals surface area (Å²) >= 11 is 0. The predicted molar refractivity (Wildman–Crippen MR) is 143 cm³/mol. The molecule has 4 N–H and O–H groups in total. The smallest absolute Gasteiger partial charge is 0.147 e. The van der Waals surface area contributed by atoms with Crippen LogP contribution in [0.25, 0.3) is 0 Å². The van der Waals surface area contributed by atoms with Crippen molar-refractivity contribution in [2.45, 2.75) is 116 Å². The van der Waals surface area contributed by atoms with Crippen LogP contribution in [0.3, 0.4) is 0 Å². The van der Waals surface area contributed by atoms with Gasteiger partial charge >= 0.3 is 0 Å². The summed E-state index contributed by atoms with van der Waals surface area (Å²) in [6.07, 6.45) is 1.01. The highest BCUT2D eigenvalue weighted by molar-refractivity contribution is 6.76. The lowest BCUT2D eigenvalue weighted by Crippen LogP contribution is -2.54. The first-order valence-corrected chi connectivity index (χ1v) is 19.9. The maximum absolute atomic E-state index is 6.62. The second-order valence-electron chi connectivity index (χ2n) is 12.5. The minimum Gasteiger partial charge on any atom is -0.356 e. The van der Waals surface area contributed by atoms with Gasteiger partial charge in [0.15, 0.2) is 0 Å². The maximum atomic E-state index is 6.62. The monoisotopic (exact) mass is 492 g/mol. The number of hydrogen-bond donors (Lipinski definition) is 2. The Balaban J connectivity index is 5.14. The van der Waals surface area contributed by atoms with E-state index in [1.165, 1.54) is 0 Å². The standard InChI is InChI=1S/C24H56N2O4Si2/c1-19(2)15-21(25)23(29-17-27-11-13-31(5,6)7)24(22(26)16-20(3)4)30-18-28-12-14-32(8,9)10/h19-24H,11-18,25-26H2,1-10H3/t21-,22-,23+,24+/m1/s1. The van der Waals surface area contributed by atoms with Gasteiger partial charge in [-0.15, -0.1) is 0 Å². The third-order valence-electron chi connectivity index (χ3n) is 5.34. The summed E-state index contributed by atoms with van der Waals surface area (Å²) < 4.78 is 24.1. The van der Waals surface area contributed by atoms with Crippen LogP contribution >= 0.6 is 0 Å². The number of rotatable bonds is 19. The Morgan fingerprint density at radius 1 is 0.594 bits per heavy atom. The van der Waals surface area contributed by atoms with Crippen LogP contribution in [0.4, 0.5) is 0 Å². The van der Waals surface area contributed by atoms with Crippen LogP contribution in [0.2, 0.25) is 51.4 Å². The highest BCUT2D eigenvalue weighted by atomic mass is 28.3. The molecule has 0 heterocycles. The molecule has 0 bridgehead atoms. The first-order chi connectivity index (χ1) is 14.6. The zero-order valence-electron chi connectivity index (χ0n) is 22.9. The van der Waals surface area contributed by atoms with E-state index in [9.17, 15) is 0 Å². The van der Waals surface area contributed by atoms with E-state index in [1.54, 1.807) is 0 Å². The SMILES string of the molecule is CC(C)C[C@@H](N)[C@H](OCOCC[Si](C)(C)C)[C@@H](OCOCC[Si](C)(C)C)[C@H](N)CC(C)C. The van der Waals surface area contributed by atoms with E-state index in [0.717, 1.165) is 24.9 Å². The summed E-state index contributed by atoms with van der Waals surface area (Å²) in [6, 6.07) is 1.86. The Bertz CT molecular complexity index is 426. The quantitative estimate of drug-likeness (QED) is 0.148. The average molecular weight is 493 g/mol. The van der Waals surface area contributed by atoms with Crippen molar-refractivity contribution in [2.24, 2.45) is 23.3 Å². The van der Waals surface area contributed by atoms with Gasteiger partial charge in [0.1, 0.15) is 25.8 Å². The molecule has 0 amide bonds. The summed E-state index contributed by atoms with van der Waals surface area (Å²) in [5.41, 5.74) is 13.2. The fourth-order valence-corrected chi connectivity index (χ4v) is 4.92. The second kappa shape index (κ2) is 16.0. The molecule has 0 saturated carbocycles. The van der Waals surface area contributed by atoms with Gasteiger partial charge in [0.2, 0.25) is 0 Å². The Labute approximate surface area is 201 Å². The molecule has 0 aliphatic heterocycles. The van der Waals surface area contributed by atoms with Crippen LogP contribution in [0.5, 0.6) is 0 Å². The van der Waals surface area contributed by atoms with Gasteiger partial charge in [0, 0.05) is 41.4 Å². The summed E-state index contributed by atoms with van der Waals surface area (Å²) in [7, 11) is -2.28. The molecule has 0 spiro atoms. The third-order valence-corrected chi connectivity index (χ3v) is 8.74. The summed E-state index contributed by atoms with van der Waals surface area (Å²) in [6.45, 7) is 24.6. The Morgan fingerprint density at radius 2 is 0.906 bits per heavy atom. The Morgan fingerprint density at radius 3 is 1.16 bits per heavy atom. The van der Waals surface area contributed by atoms with Crippen LogP contribution in [0, 0.1) is 11.8 Å². The maximum Gasteiger partial charge on any atom is 0.147 e. The molecule has 0 fully saturated rings. The molecule has 0 aromatic carbocycles. The van der Waals surface area contributed by atoms with Crippen molar-refractivity contribution in [3.05, 3.63) is 0 Å². The molecule has 0 saturated heterocycles. The average Bonchev–Trinajstić information content (AvgIpc) is 2.58. The molecule has 0 radical (unpaired) electrons. The van der Waals surface area contributed by atoms with E-state index in [2.05, 4.69) is 67.0 Å². The van der Waals surface area contributed by atoms with Gasteiger partial charge in [-0.2, -0.15) is 0 Å². The van der Waals surface area contributed by atoms with Crippen LogP contribution in [0.15, 0.2) is 0 Å². The van der Waals surface area contributed by atoms with Gasteiger partial charge in [-0.25, -0.2) is 0 Å². The number of ether oxygens (including phenoxy) is 4. The molecule has 6 nitrogen and oxygen atoms in total. The normalized spacial score (nSPS) is 17.1. The van der Waals surface area contributed by atoms with Gasteiger partial charge in [-0.05, 0) is 36.8 Å². The molecule has 0 aliphatic carbocycles. The summed E-state index contributed by atoms with van der Waals surface area (Å²) in [5.74, 6) is 0.915. The molecule has 194 valence electrons. The van der Waals surface area contributed by atoms with Crippen molar-refractivity contribution in [3.8, 4) is 0 Å². The van der Waals surface area contributed by atoms with Crippen LogP contribution in [0.1, 0.15) is 40.5 Å². The zero-order chi connectivity index (χ0) is 24.9. The summed E-state index contributed by atoms with van der Waals surface area (Å²) in [4.78, 5) is 0. The van der Waals surface area contributed by atoms with Crippen molar-refractivity contribution in [1.82, 2.24) is 0 Å². The Kier molecular flexibility index (Phi) is 16.1. The highest BCUT2D eigenvalue weighted by Crippen LogP contribution is 2.20. The lowest BCUT2D eigenvalue weighted by Gasteiger charge is -2.36. The zero-order valence-corrected chi connectivity index (χ0v) is 24.9. The van der Waals surface area contributed by atoms with E-state index in [-0.39, 0.29) is 37.9 Å². The lowest BCUT2D eigenvalue weighted by atomic mass is 9.90. The third kappa shape index (κ3) is 17.6. The minimum atomic E-state index is -1.14. The van der Waals surface area contributed by atoms with E-state index < -0.39 is 16.1 Å². The van der Waals surface area contributed by atoms with Gasteiger partial charge in [-0.3, -0.25) is 0 Å². The van der Waals surface area contributed by atoms with Crippen LogP contribution in [-0.4, -0.2) is 67.2 Å². The van der Waals surface area contributed by atoms with Gasteiger partial charge in [-0.1, -0.05) is 67.0 Å². The molecular formula is C24H56N2O4Si2.